The number of guanidine groups is 1. The smallest absolute Gasteiger partial charge is 0.257 e. The number of nitrogens with zero attached hydrogens (tertiary/aromatic N) is 1. The summed E-state index contributed by atoms with van der Waals surface area (Å²) in [5, 5.41) is 8.71. The number of ether oxygens (including phenoxy) is 2. The van der Waals surface area contributed by atoms with Crippen molar-refractivity contribution in [2.75, 3.05) is 25.6 Å². The monoisotopic (exact) mass is 466 g/mol. The van der Waals surface area contributed by atoms with Crippen LogP contribution in [-0.2, 0) is 9.53 Å². The summed E-state index contributed by atoms with van der Waals surface area (Å²) in [6, 6.07) is 13.3. The maximum atomic E-state index is 12.7. The van der Waals surface area contributed by atoms with Gasteiger partial charge in [0.05, 0.1) is 12.6 Å². The molecule has 8 heteroatoms. The first kappa shape index (κ1) is 25.2. The topological polar surface area (TPSA) is 101 Å². The van der Waals surface area contributed by atoms with E-state index in [4.69, 9.17) is 9.47 Å². The van der Waals surface area contributed by atoms with Crippen LogP contribution in [0.1, 0.15) is 61.9 Å². The Bertz CT molecular complexity index is 1040. The summed E-state index contributed by atoms with van der Waals surface area (Å²) < 4.78 is 11.4. The number of anilines is 2. The zero-order valence-electron chi connectivity index (χ0n) is 20.3. The van der Waals surface area contributed by atoms with Crippen molar-refractivity contribution in [3.63, 3.8) is 0 Å². The highest BCUT2D eigenvalue weighted by atomic mass is 16.5. The molecular formula is C26H34N4O4. The van der Waals surface area contributed by atoms with E-state index < -0.39 is 0 Å². The number of hydrogen-bond donors (Lipinski definition) is 3. The van der Waals surface area contributed by atoms with Crippen molar-refractivity contribution in [1.82, 2.24) is 10.6 Å². The minimum Gasteiger partial charge on any atom is -0.491 e. The van der Waals surface area contributed by atoms with Gasteiger partial charge in [-0.05, 0) is 48.2 Å². The molecule has 0 spiro atoms. The minimum absolute atomic E-state index is 0.0701. The molecule has 34 heavy (non-hydrogen) atoms. The Morgan fingerprint density at radius 3 is 2.74 bits per heavy atom. The molecule has 1 atom stereocenters. The fraction of sp³-hybridized carbons (Fsp3) is 0.423. The lowest BCUT2D eigenvalue weighted by molar-refractivity contribution is -0.119. The predicted octanol–water partition coefficient (Wildman–Crippen LogP) is 4.35. The van der Waals surface area contributed by atoms with Crippen molar-refractivity contribution in [2.24, 2.45) is 4.99 Å². The Labute approximate surface area is 201 Å². The molecule has 2 amide bonds. The van der Waals surface area contributed by atoms with E-state index in [-0.39, 0.29) is 29.8 Å². The summed E-state index contributed by atoms with van der Waals surface area (Å²) >= 11 is 0. The molecule has 1 unspecified atom stereocenters. The minimum atomic E-state index is -0.315. The van der Waals surface area contributed by atoms with E-state index >= 15 is 0 Å². The average Bonchev–Trinajstić information content (AvgIpc) is 2.82. The van der Waals surface area contributed by atoms with Gasteiger partial charge in [-0.15, -0.1) is 0 Å². The van der Waals surface area contributed by atoms with Crippen LogP contribution in [0.3, 0.4) is 0 Å². The van der Waals surface area contributed by atoms with Gasteiger partial charge < -0.3 is 14.8 Å². The standard InChI is InChI=1S/C26H34N4O4/c1-5-7-21(33-4)16-34-20-9-6-8-19(15-20)28-23-11-10-18(14-22(23)17(2)3)25(32)30-26-27-13-12-24(31)29-26/h6,8-11,14-15,17,21,28H,5,7,12-13,16H2,1-4H3,(H2,27,29,30,31,32). The van der Waals surface area contributed by atoms with Crippen LogP contribution in [0.4, 0.5) is 11.4 Å². The summed E-state index contributed by atoms with van der Waals surface area (Å²) in [6.07, 6.45) is 2.39. The number of carbonyl (C=O) groups is 2. The second kappa shape index (κ2) is 12.2. The number of amides is 2. The van der Waals surface area contributed by atoms with Gasteiger partial charge in [-0.3, -0.25) is 25.2 Å². The molecule has 0 radical (unpaired) electrons. The van der Waals surface area contributed by atoms with Crippen LogP contribution in [-0.4, -0.2) is 44.1 Å². The van der Waals surface area contributed by atoms with Gasteiger partial charge in [0.2, 0.25) is 11.9 Å². The number of hydrogen-bond acceptors (Lipinski definition) is 6. The van der Waals surface area contributed by atoms with Gasteiger partial charge in [-0.25, -0.2) is 0 Å². The summed E-state index contributed by atoms with van der Waals surface area (Å²) in [7, 11) is 1.71. The molecule has 1 aliphatic rings. The van der Waals surface area contributed by atoms with Crippen molar-refractivity contribution < 1.29 is 19.1 Å². The maximum Gasteiger partial charge on any atom is 0.257 e. The first-order valence-electron chi connectivity index (χ1n) is 11.7. The van der Waals surface area contributed by atoms with Crippen LogP contribution < -0.4 is 20.7 Å². The summed E-state index contributed by atoms with van der Waals surface area (Å²) in [5.41, 5.74) is 3.29. The molecule has 1 heterocycles. The van der Waals surface area contributed by atoms with Gasteiger partial charge in [0.15, 0.2) is 0 Å². The largest absolute Gasteiger partial charge is 0.491 e. The van der Waals surface area contributed by atoms with Crippen LogP contribution in [0.2, 0.25) is 0 Å². The number of methoxy groups -OCH3 is 1. The Kier molecular flexibility index (Phi) is 9.04. The third-order valence-electron chi connectivity index (χ3n) is 5.53. The number of carbonyl (C=O) groups excluding carboxylic acids is 2. The molecule has 0 aliphatic carbocycles. The molecule has 3 N–H and O–H groups in total. The molecule has 0 aromatic heterocycles. The molecule has 182 valence electrons. The second-order valence-corrected chi connectivity index (χ2v) is 8.55. The van der Waals surface area contributed by atoms with Gasteiger partial charge in [0.25, 0.3) is 5.91 Å². The second-order valence-electron chi connectivity index (χ2n) is 8.55. The van der Waals surface area contributed by atoms with E-state index in [9.17, 15) is 9.59 Å². The number of aliphatic imine (C=N–C) groups is 1. The van der Waals surface area contributed by atoms with Crippen molar-refractivity contribution in [1.29, 1.82) is 0 Å². The third kappa shape index (κ3) is 7.05. The molecule has 2 aromatic rings. The van der Waals surface area contributed by atoms with Gasteiger partial charge in [-0.2, -0.15) is 0 Å². The number of rotatable bonds is 10. The molecule has 0 saturated heterocycles. The van der Waals surface area contributed by atoms with E-state index in [0.29, 0.717) is 25.1 Å². The molecule has 0 saturated carbocycles. The van der Waals surface area contributed by atoms with Crippen molar-refractivity contribution >= 4 is 29.1 Å². The van der Waals surface area contributed by atoms with Crippen molar-refractivity contribution in [3.8, 4) is 5.75 Å². The van der Waals surface area contributed by atoms with Crippen LogP contribution >= 0.6 is 0 Å². The first-order valence-corrected chi connectivity index (χ1v) is 11.7. The van der Waals surface area contributed by atoms with Crippen LogP contribution in [0.5, 0.6) is 5.75 Å². The Balaban J connectivity index is 1.71. The molecule has 1 aliphatic heterocycles. The SMILES string of the molecule is CCCC(COc1cccc(Nc2ccc(C(=O)NC3=NCCC(=O)N3)cc2C(C)C)c1)OC. The number of nitrogens with one attached hydrogen (secondary N) is 3. The number of benzene rings is 2. The van der Waals surface area contributed by atoms with E-state index in [0.717, 1.165) is 35.5 Å². The lowest BCUT2D eigenvalue weighted by Crippen LogP contribution is -2.46. The van der Waals surface area contributed by atoms with Gasteiger partial charge in [0, 0.05) is 36.5 Å². The third-order valence-corrected chi connectivity index (χ3v) is 5.53. The lowest BCUT2D eigenvalue weighted by Gasteiger charge is -2.18. The fourth-order valence-corrected chi connectivity index (χ4v) is 3.65. The Hall–Kier alpha value is -3.39. The highest BCUT2D eigenvalue weighted by Gasteiger charge is 2.17. The molecule has 0 fully saturated rings. The van der Waals surface area contributed by atoms with Gasteiger partial charge >= 0.3 is 0 Å². The van der Waals surface area contributed by atoms with Gasteiger partial charge in [0.1, 0.15) is 12.4 Å². The zero-order valence-corrected chi connectivity index (χ0v) is 20.3. The zero-order chi connectivity index (χ0) is 24.5. The summed E-state index contributed by atoms with van der Waals surface area (Å²) in [6.45, 7) is 7.15. The van der Waals surface area contributed by atoms with E-state index in [2.05, 4.69) is 41.7 Å². The van der Waals surface area contributed by atoms with E-state index in [1.165, 1.54) is 0 Å². The molecular weight excluding hydrogens is 432 g/mol. The van der Waals surface area contributed by atoms with Crippen LogP contribution in [0.15, 0.2) is 47.5 Å². The molecule has 3 rings (SSSR count). The van der Waals surface area contributed by atoms with E-state index in [1.807, 2.05) is 36.4 Å². The Morgan fingerprint density at radius 1 is 1.21 bits per heavy atom. The molecule has 8 nitrogen and oxygen atoms in total. The van der Waals surface area contributed by atoms with Gasteiger partial charge in [-0.1, -0.05) is 33.3 Å². The van der Waals surface area contributed by atoms with Crippen LogP contribution in [0.25, 0.3) is 0 Å². The van der Waals surface area contributed by atoms with Crippen molar-refractivity contribution in [3.05, 3.63) is 53.6 Å². The normalized spacial score (nSPS) is 14.3. The predicted molar refractivity (Wildman–Crippen MR) is 134 cm³/mol. The molecule has 2 aromatic carbocycles. The summed E-state index contributed by atoms with van der Waals surface area (Å²) in [4.78, 5) is 28.4. The van der Waals surface area contributed by atoms with E-state index in [1.54, 1.807) is 13.2 Å². The highest BCUT2D eigenvalue weighted by Crippen LogP contribution is 2.29. The van der Waals surface area contributed by atoms with Crippen molar-refractivity contribution in [2.45, 2.75) is 52.1 Å². The fourth-order valence-electron chi connectivity index (χ4n) is 3.65. The molecule has 0 bridgehead atoms. The maximum absolute atomic E-state index is 12.7. The first-order chi connectivity index (χ1) is 16.4. The highest BCUT2D eigenvalue weighted by molar-refractivity contribution is 6.10. The Morgan fingerprint density at radius 2 is 2.03 bits per heavy atom. The summed E-state index contributed by atoms with van der Waals surface area (Å²) in [5.74, 6) is 0.672. The lowest BCUT2D eigenvalue weighted by atomic mass is 9.98. The average molecular weight is 467 g/mol. The van der Waals surface area contributed by atoms with Crippen LogP contribution in [0, 0.1) is 0 Å². The quantitative estimate of drug-likeness (QED) is 0.483.